The van der Waals surface area contributed by atoms with Gasteiger partial charge in [0.15, 0.2) is 0 Å². The molecule has 1 fully saturated rings. The zero-order valence-electron chi connectivity index (χ0n) is 9.36. The average Bonchev–Trinajstić information content (AvgIpc) is 2.63. The topological polar surface area (TPSA) is 78.9 Å². The lowest BCUT2D eigenvalue weighted by Crippen LogP contribution is -2.48. The van der Waals surface area contributed by atoms with E-state index in [1.165, 1.54) is 0 Å². The number of nitriles is 1. The maximum atomic E-state index is 11.7. The van der Waals surface area contributed by atoms with Gasteiger partial charge in [0.05, 0.1) is 18.0 Å². The predicted molar refractivity (Wildman–Crippen MR) is 57.7 cm³/mol. The summed E-state index contributed by atoms with van der Waals surface area (Å²) in [5.41, 5.74) is 5.73. The van der Waals surface area contributed by atoms with Gasteiger partial charge in [-0.15, -0.1) is 0 Å². The normalized spacial score (nSPS) is 27.4. The van der Waals surface area contributed by atoms with Crippen LogP contribution < -0.4 is 11.1 Å². The maximum absolute atomic E-state index is 11.7. The second kappa shape index (κ2) is 5.13. The summed E-state index contributed by atoms with van der Waals surface area (Å²) in [4.78, 5) is 11.7. The van der Waals surface area contributed by atoms with E-state index in [4.69, 9.17) is 11.0 Å². The zero-order chi connectivity index (χ0) is 11.4. The number of nitrogens with one attached hydrogen (secondary N) is 1. The third kappa shape index (κ3) is 2.93. The quantitative estimate of drug-likeness (QED) is 0.721. The van der Waals surface area contributed by atoms with Crippen molar-refractivity contribution in [3.8, 4) is 6.07 Å². The van der Waals surface area contributed by atoms with Crippen LogP contribution in [0.25, 0.3) is 0 Å². The minimum Gasteiger partial charge on any atom is -0.351 e. The third-order valence-electron chi connectivity index (χ3n) is 3.03. The van der Waals surface area contributed by atoms with Gasteiger partial charge in [-0.3, -0.25) is 4.79 Å². The molecule has 0 saturated heterocycles. The van der Waals surface area contributed by atoms with Gasteiger partial charge in [-0.05, 0) is 25.2 Å². The molecule has 0 radical (unpaired) electrons. The molecule has 0 aromatic carbocycles. The molecule has 2 unspecified atom stereocenters. The molecule has 0 spiro atoms. The van der Waals surface area contributed by atoms with Crippen molar-refractivity contribution in [2.75, 3.05) is 0 Å². The zero-order valence-corrected chi connectivity index (χ0v) is 9.36. The second-order valence-corrected chi connectivity index (χ2v) is 4.55. The predicted octanol–water partition coefficient (Wildman–Crippen LogP) is 0.778. The molecule has 4 nitrogen and oxygen atoms in total. The first-order valence-electron chi connectivity index (χ1n) is 5.51. The fraction of sp³-hybridized carbons (Fsp3) is 0.818. The monoisotopic (exact) mass is 209 g/mol. The summed E-state index contributed by atoms with van der Waals surface area (Å²) in [6.07, 6.45) is 2.80. The SMILES string of the molecule is CC(C)[C@H](N)C(=O)NC1CCCC1C#N. The molecule has 0 aromatic rings. The van der Waals surface area contributed by atoms with Crippen LogP contribution in [0.1, 0.15) is 33.1 Å². The summed E-state index contributed by atoms with van der Waals surface area (Å²) in [6, 6.07) is 1.77. The van der Waals surface area contributed by atoms with E-state index in [0.717, 1.165) is 19.3 Å². The van der Waals surface area contributed by atoms with Crippen molar-refractivity contribution < 1.29 is 4.79 Å². The molecule has 1 saturated carbocycles. The Hall–Kier alpha value is -1.08. The molecule has 1 aliphatic carbocycles. The Morgan fingerprint density at radius 3 is 2.73 bits per heavy atom. The van der Waals surface area contributed by atoms with Crippen molar-refractivity contribution in [1.82, 2.24) is 5.32 Å². The Balaban J connectivity index is 2.48. The van der Waals surface area contributed by atoms with Crippen LogP contribution in [0.3, 0.4) is 0 Å². The van der Waals surface area contributed by atoms with Gasteiger partial charge in [-0.25, -0.2) is 0 Å². The molecule has 3 atom stereocenters. The van der Waals surface area contributed by atoms with Crippen LogP contribution >= 0.6 is 0 Å². The van der Waals surface area contributed by atoms with Gasteiger partial charge in [0.25, 0.3) is 0 Å². The number of hydrogen-bond donors (Lipinski definition) is 2. The summed E-state index contributed by atoms with van der Waals surface area (Å²) >= 11 is 0. The highest BCUT2D eigenvalue weighted by molar-refractivity contribution is 5.82. The molecule has 4 heteroatoms. The van der Waals surface area contributed by atoms with E-state index >= 15 is 0 Å². The average molecular weight is 209 g/mol. The summed E-state index contributed by atoms with van der Waals surface area (Å²) in [7, 11) is 0. The highest BCUT2D eigenvalue weighted by Gasteiger charge is 2.30. The Kier molecular flexibility index (Phi) is 4.10. The van der Waals surface area contributed by atoms with E-state index in [0.29, 0.717) is 0 Å². The Morgan fingerprint density at radius 2 is 2.20 bits per heavy atom. The number of nitrogens with zero attached hydrogens (tertiary/aromatic N) is 1. The molecule has 84 valence electrons. The maximum Gasteiger partial charge on any atom is 0.237 e. The minimum absolute atomic E-state index is 0.00676. The summed E-state index contributed by atoms with van der Waals surface area (Å²) in [6.45, 7) is 3.83. The molecule has 3 N–H and O–H groups in total. The number of carbonyl (C=O) groups excluding carboxylic acids is 1. The Labute approximate surface area is 90.8 Å². The van der Waals surface area contributed by atoms with E-state index in [-0.39, 0.29) is 23.8 Å². The summed E-state index contributed by atoms with van der Waals surface area (Å²) in [5.74, 6) is -0.0302. The molecule has 0 aliphatic heterocycles. The molecule has 1 amide bonds. The van der Waals surface area contributed by atoms with Crippen LogP contribution in [0.15, 0.2) is 0 Å². The van der Waals surface area contributed by atoms with E-state index < -0.39 is 6.04 Å². The molecule has 0 heterocycles. The molecule has 0 bridgehead atoms. The number of rotatable bonds is 3. The van der Waals surface area contributed by atoms with Gasteiger partial charge in [-0.1, -0.05) is 13.8 Å². The first-order valence-corrected chi connectivity index (χ1v) is 5.51. The van der Waals surface area contributed by atoms with Crippen LogP contribution in [-0.2, 0) is 4.79 Å². The van der Waals surface area contributed by atoms with E-state index in [9.17, 15) is 4.79 Å². The first-order chi connectivity index (χ1) is 7.06. The van der Waals surface area contributed by atoms with Gasteiger partial charge in [0.2, 0.25) is 5.91 Å². The van der Waals surface area contributed by atoms with Crippen molar-refractivity contribution >= 4 is 5.91 Å². The van der Waals surface area contributed by atoms with Crippen molar-refractivity contribution in [2.24, 2.45) is 17.6 Å². The van der Waals surface area contributed by atoms with E-state index in [1.54, 1.807) is 0 Å². The van der Waals surface area contributed by atoms with Crippen molar-refractivity contribution in [1.29, 1.82) is 5.26 Å². The lowest BCUT2D eigenvalue weighted by atomic mass is 10.0. The van der Waals surface area contributed by atoms with E-state index in [1.807, 2.05) is 13.8 Å². The molecule has 0 aromatic heterocycles. The standard InChI is InChI=1S/C11H19N3O/c1-7(2)10(13)11(15)14-9-5-3-4-8(9)6-12/h7-10H,3-5,13H2,1-2H3,(H,14,15)/t8?,9?,10-/m0/s1. The Bertz CT molecular complexity index is 269. The van der Waals surface area contributed by atoms with Gasteiger partial charge in [-0.2, -0.15) is 5.26 Å². The van der Waals surface area contributed by atoms with E-state index in [2.05, 4.69) is 11.4 Å². The number of amides is 1. The van der Waals surface area contributed by atoms with Crippen LogP contribution in [0.5, 0.6) is 0 Å². The summed E-state index contributed by atoms with van der Waals surface area (Å²) < 4.78 is 0. The molecule has 15 heavy (non-hydrogen) atoms. The largest absolute Gasteiger partial charge is 0.351 e. The molecular weight excluding hydrogens is 190 g/mol. The van der Waals surface area contributed by atoms with Gasteiger partial charge in [0, 0.05) is 6.04 Å². The van der Waals surface area contributed by atoms with Crippen LogP contribution in [0, 0.1) is 23.2 Å². The minimum atomic E-state index is -0.468. The lowest BCUT2D eigenvalue weighted by Gasteiger charge is -2.20. The van der Waals surface area contributed by atoms with Gasteiger partial charge in [0.1, 0.15) is 0 Å². The Morgan fingerprint density at radius 1 is 1.53 bits per heavy atom. The highest BCUT2D eigenvalue weighted by atomic mass is 16.2. The number of hydrogen-bond acceptors (Lipinski definition) is 3. The third-order valence-corrected chi connectivity index (χ3v) is 3.03. The number of nitrogens with two attached hydrogens (primary N) is 1. The number of carbonyl (C=O) groups is 1. The van der Waals surface area contributed by atoms with Crippen molar-refractivity contribution in [2.45, 2.75) is 45.2 Å². The fourth-order valence-corrected chi connectivity index (χ4v) is 1.87. The van der Waals surface area contributed by atoms with Gasteiger partial charge < -0.3 is 11.1 Å². The van der Waals surface area contributed by atoms with Crippen molar-refractivity contribution in [3.05, 3.63) is 0 Å². The van der Waals surface area contributed by atoms with Crippen LogP contribution in [-0.4, -0.2) is 18.0 Å². The molecule has 1 rings (SSSR count). The molecule has 1 aliphatic rings. The van der Waals surface area contributed by atoms with Gasteiger partial charge >= 0.3 is 0 Å². The first kappa shape index (κ1) is 12.0. The van der Waals surface area contributed by atoms with Crippen LogP contribution in [0.2, 0.25) is 0 Å². The second-order valence-electron chi connectivity index (χ2n) is 4.55. The summed E-state index contributed by atoms with van der Waals surface area (Å²) in [5, 5.41) is 11.7. The highest BCUT2D eigenvalue weighted by Crippen LogP contribution is 2.24. The lowest BCUT2D eigenvalue weighted by molar-refractivity contribution is -0.124. The smallest absolute Gasteiger partial charge is 0.237 e. The van der Waals surface area contributed by atoms with Crippen LogP contribution in [0.4, 0.5) is 0 Å². The fourth-order valence-electron chi connectivity index (χ4n) is 1.87. The van der Waals surface area contributed by atoms with Crippen molar-refractivity contribution in [3.63, 3.8) is 0 Å². The molecular formula is C11H19N3O.